The van der Waals surface area contributed by atoms with Crippen molar-refractivity contribution in [1.29, 1.82) is 0 Å². The van der Waals surface area contributed by atoms with Crippen LogP contribution in [-0.2, 0) is 28.2 Å². The lowest BCUT2D eigenvalue weighted by Crippen LogP contribution is -2.46. The molecule has 0 aliphatic heterocycles. The summed E-state index contributed by atoms with van der Waals surface area (Å²) in [5, 5.41) is 0.124. The monoisotopic (exact) mass is 606 g/mol. The molecule has 0 spiro atoms. The molecule has 1 saturated carbocycles. The van der Waals surface area contributed by atoms with Crippen LogP contribution >= 0.6 is 0 Å². The van der Waals surface area contributed by atoms with Crippen LogP contribution in [0.2, 0.25) is 18.1 Å². The molecular formula is C35H62O6Si. The van der Waals surface area contributed by atoms with Gasteiger partial charge in [0.15, 0.2) is 8.32 Å². The Balaban J connectivity index is 2.77. The van der Waals surface area contributed by atoms with Crippen LogP contribution in [0.15, 0.2) is 12.2 Å². The van der Waals surface area contributed by atoms with E-state index < -0.39 is 8.32 Å². The van der Waals surface area contributed by atoms with Gasteiger partial charge in [0.2, 0.25) is 5.78 Å². The van der Waals surface area contributed by atoms with Gasteiger partial charge in [-0.15, -0.1) is 0 Å². The third-order valence-corrected chi connectivity index (χ3v) is 13.7. The average Bonchev–Trinajstić information content (AvgIpc) is 3.37. The topological polar surface area (TPSA) is 71.1 Å². The van der Waals surface area contributed by atoms with Crippen LogP contribution in [-0.4, -0.2) is 60.2 Å². The van der Waals surface area contributed by atoms with Crippen LogP contribution < -0.4 is 0 Å². The van der Waals surface area contributed by atoms with Crippen LogP contribution in [0.4, 0.5) is 0 Å². The molecule has 6 nitrogen and oxygen atoms in total. The summed E-state index contributed by atoms with van der Waals surface area (Å²) < 4.78 is 23.4. The fraction of sp³-hybridized carbons (Fsp3) is 0.829. The number of carbonyl (C=O) groups is 2. The first-order valence-electron chi connectivity index (χ1n) is 16.2. The molecule has 1 aliphatic rings. The van der Waals surface area contributed by atoms with Crippen molar-refractivity contribution in [2.75, 3.05) is 33.7 Å². The molecule has 0 heterocycles. The molecule has 0 N–H and O–H groups in total. The molecule has 0 amide bonds. The van der Waals surface area contributed by atoms with E-state index in [1.807, 2.05) is 19.9 Å². The Kier molecular flexibility index (Phi) is 18.3. The summed E-state index contributed by atoms with van der Waals surface area (Å²) in [4.78, 5) is 23.7. The number of hydrogen-bond acceptors (Lipinski definition) is 6. The number of rotatable bonds is 20. The van der Waals surface area contributed by atoms with Crippen LogP contribution in [0, 0.1) is 47.3 Å². The minimum Gasteiger partial charge on any atom is -0.413 e. The lowest BCUT2D eigenvalue weighted by Gasteiger charge is -2.41. The quantitative estimate of drug-likeness (QED) is 0.0351. The molecule has 7 atom stereocenters. The zero-order valence-electron chi connectivity index (χ0n) is 28.5. The van der Waals surface area contributed by atoms with Gasteiger partial charge in [-0.1, -0.05) is 66.9 Å². The molecule has 1 fully saturated rings. The number of ether oxygens (including phenoxy) is 3. The van der Waals surface area contributed by atoms with Crippen molar-refractivity contribution in [3.05, 3.63) is 12.2 Å². The highest BCUT2D eigenvalue weighted by Crippen LogP contribution is 2.42. The molecule has 7 heteroatoms. The van der Waals surface area contributed by atoms with Crippen molar-refractivity contribution in [2.24, 2.45) is 35.5 Å². The number of carbonyl (C=O) groups excluding carboxylic acids is 2. The molecule has 1 rings (SSSR count). The third kappa shape index (κ3) is 14.9. The Morgan fingerprint density at radius 3 is 2.33 bits per heavy atom. The van der Waals surface area contributed by atoms with Crippen molar-refractivity contribution >= 4 is 20.4 Å². The normalized spacial score (nSPS) is 21.4. The number of aldehydes is 1. The van der Waals surface area contributed by atoms with Gasteiger partial charge in [0.25, 0.3) is 0 Å². The zero-order chi connectivity index (χ0) is 31.8. The van der Waals surface area contributed by atoms with Crippen LogP contribution in [0.25, 0.3) is 0 Å². The Hall–Kier alpha value is -1.30. The van der Waals surface area contributed by atoms with Gasteiger partial charge in [0.1, 0.15) is 13.1 Å². The van der Waals surface area contributed by atoms with Crippen molar-refractivity contribution in [3.63, 3.8) is 0 Å². The molecule has 0 saturated heterocycles. The van der Waals surface area contributed by atoms with Crippen molar-refractivity contribution in [2.45, 2.75) is 118 Å². The maximum Gasteiger partial charge on any atom is 0.208 e. The van der Waals surface area contributed by atoms with E-state index in [-0.39, 0.29) is 28.8 Å². The summed E-state index contributed by atoms with van der Waals surface area (Å²) in [6, 6.07) is 0. The fourth-order valence-corrected chi connectivity index (χ4v) is 7.25. The highest BCUT2D eigenvalue weighted by Gasteiger charge is 2.42. The van der Waals surface area contributed by atoms with E-state index in [1.54, 1.807) is 7.11 Å². The summed E-state index contributed by atoms with van der Waals surface area (Å²) in [6.07, 6.45) is 12.0. The first kappa shape index (κ1) is 38.7. The van der Waals surface area contributed by atoms with E-state index in [1.165, 1.54) is 6.42 Å². The SMILES string of the molecule is COCCOCOC[C@@H]1CCC[C@H]1[C@H](C/C=C/C#CC(=O)[C@@H](C)C[C@H](C)C[C@H](C)C[C@H](C)C=O)O[Si](C)(C)C(C)(C)C. The molecule has 1 aliphatic carbocycles. The Labute approximate surface area is 259 Å². The number of methoxy groups -OCH3 is 1. The highest BCUT2D eigenvalue weighted by atomic mass is 28.4. The second-order valence-electron chi connectivity index (χ2n) is 14.4. The van der Waals surface area contributed by atoms with E-state index in [0.29, 0.717) is 50.3 Å². The minimum absolute atomic E-state index is 0.00444. The summed E-state index contributed by atoms with van der Waals surface area (Å²) in [6.45, 7) is 21.9. The van der Waals surface area contributed by atoms with Gasteiger partial charge in [0, 0.05) is 18.9 Å². The van der Waals surface area contributed by atoms with Crippen LogP contribution in [0.1, 0.15) is 93.4 Å². The maximum absolute atomic E-state index is 12.7. The third-order valence-electron chi connectivity index (χ3n) is 9.16. The summed E-state index contributed by atoms with van der Waals surface area (Å²) in [7, 11) is -0.314. The molecule has 242 valence electrons. The number of ketones is 1. The smallest absolute Gasteiger partial charge is 0.208 e. The molecule has 0 radical (unpaired) electrons. The molecule has 0 aromatic heterocycles. The first-order chi connectivity index (χ1) is 19.7. The summed E-state index contributed by atoms with van der Waals surface area (Å²) >= 11 is 0. The van der Waals surface area contributed by atoms with Gasteiger partial charge < -0.3 is 23.4 Å². The second-order valence-corrected chi connectivity index (χ2v) is 19.1. The Bertz CT molecular complexity index is 867. The Morgan fingerprint density at radius 2 is 1.69 bits per heavy atom. The number of allylic oxidation sites excluding steroid dienone is 1. The average molecular weight is 607 g/mol. The van der Waals surface area contributed by atoms with Gasteiger partial charge in [-0.25, -0.2) is 0 Å². The highest BCUT2D eigenvalue weighted by molar-refractivity contribution is 6.74. The second kappa shape index (κ2) is 19.9. The van der Waals surface area contributed by atoms with Crippen LogP contribution in [0.5, 0.6) is 0 Å². The largest absolute Gasteiger partial charge is 0.413 e. The predicted molar refractivity (Wildman–Crippen MR) is 175 cm³/mol. The van der Waals surface area contributed by atoms with Gasteiger partial charge >= 0.3 is 0 Å². The van der Waals surface area contributed by atoms with E-state index >= 15 is 0 Å². The van der Waals surface area contributed by atoms with Crippen LogP contribution in [0.3, 0.4) is 0 Å². The molecule has 0 aromatic carbocycles. The minimum atomic E-state index is -1.98. The molecule has 0 unspecified atom stereocenters. The van der Waals surface area contributed by atoms with E-state index in [9.17, 15) is 9.59 Å². The van der Waals surface area contributed by atoms with Gasteiger partial charge in [-0.05, 0) is 92.3 Å². The number of Topliss-reactive ketones (excluding diaryl/α,β-unsaturated/α-hetero) is 1. The first-order valence-corrected chi connectivity index (χ1v) is 19.1. The molecular weight excluding hydrogens is 544 g/mol. The predicted octanol–water partition coefficient (Wildman–Crippen LogP) is 7.86. The summed E-state index contributed by atoms with van der Waals surface area (Å²) in [5.74, 6) is 7.62. The lowest BCUT2D eigenvalue weighted by atomic mass is 9.85. The van der Waals surface area contributed by atoms with Crippen molar-refractivity contribution in [1.82, 2.24) is 0 Å². The molecule has 0 aromatic rings. The molecule has 42 heavy (non-hydrogen) atoms. The maximum atomic E-state index is 12.7. The number of hydrogen-bond donors (Lipinski definition) is 0. The summed E-state index contributed by atoms with van der Waals surface area (Å²) in [5.41, 5.74) is 0. The standard InChI is InChI=1S/C35H62O6Si/c1-27(22-29(3)24-36)21-28(2)23-30(4)33(37)17-12-11-13-18-34(41-42(9,10)35(5,6)7)32-16-14-15-31(32)25-40-26-39-20-19-38-8/h11,13,24,27-32,34H,14-16,18-23,25-26H2,1-10H3/b13-11+/t27-,28+,29-,30-,31-,32+,34-/m0/s1. The van der Waals surface area contributed by atoms with Gasteiger partial charge in [-0.3, -0.25) is 4.79 Å². The van der Waals surface area contributed by atoms with E-state index in [0.717, 1.165) is 44.8 Å². The van der Waals surface area contributed by atoms with Gasteiger partial charge in [-0.2, -0.15) is 0 Å². The van der Waals surface area contributed by atoms with Crippen molar-refractivity contribution < 1.29 is 28.2 Å². The Morgan fingerprint density at radius 1 is 1.00 bits per heavy atom. The van der Waals surface area contributed by atoms with E-state index in [4.69, 9.17) is 18.6 Å². The van der Waals surface area contributed by atoms with Crippen molar-refractivity contribution in [3.8, 4) is 11.8 Å². The zero-order valence-corrected chi connectivity index (χ0v) is 29.5. The van der Waals surface area contributed by atoms with Gasteiger partial charge in [0.05, 0.1) is 25.9 Å². The lowest BCUT2D eigenvalue weighted by molar-refractivity contribution is -0.117. The fourth-order valence-electron chi connectivity index (χ4n) is 5.86. The van der Waals surface area contributed by atoms with E-state index in [2.05, 4.69) is 65.6 Å². The molecule has 0 bridgehead atoms.